The van der Waals surface area contributed by atoms with Gasteiger partial charge in [0.05, 0.1) is 19.0 Å². The van der Waals surface area contributed by atoms with Crippen LogP contribution in [0.1, 0.15) is 24.3 Å². The molecule has 6 nitrogen and oxygen atoms in total. The first-order chi connectivity index (χ1) is 11.6. The summed E-state index contributed by atoms with van der Waals surface area (Å²) in [6.45, 7) is 3.24. The molecule has 0 unspecified atom stereocenters. The van der Waals surface area contributed by atoms with Gasteiger partial charge in [-0.15, -0.1) is 11.8 Å². The lowest BCUT2D eigenvalue weighted by molar-refractivity contribution is -0.130. The number of hydrogen-bond acceptors (Lipinski definition) is 5. The van der Waals surface area contributed by atoms with Crippen LogP contribution in [0.4, 0.5) is 0 Å². The lowest BCUT2D eigenvalue weighted by Gasteiger charge is -2.25. The normalized spacial score (nSPS) is 20.3. The molecule has 1 saturated heterocycles. The molecule has 1 heterocycles. The second-order valence-electron chi connectivity index (χ2n) is 5.50. The summed E-state index contributed by atoms with van der Waals surface area (Å²) in [7, 11) is 3.21. The van der Waals surface area contributed by atoms with Gasteiger partial charge in [-0.3, -0.25) is 9.59 Å². The Morgan fingerprint density at radius 3 is 2.79 bits per heavy atom. The van der Waals surface area contributed by atoms with Crippen molar-refractivity contribution in [3.63, 3.8) is 0 Å². The van der Waals surface area contributed by atoms with Crippen molar-refractivity contribution in [2.45, 2.75) is 24.0 Å². The molecule has 7 heteroatoms. The van der Waals surface area contributed by atoms with Crippen molar-refractivity contribution in [1.82, 2.24) is 10.2 Å². The summed E-state index contributed by atoms with van der Waals surface area (Å²) in [4.78, 5) is 26.1. The third-order valence-electron chi connectivity index (χ3n) is 3.86. The van der Waals surface area contributed by atoms with Crippen LogP contribution in [-0.2, 0) is 14.3 Å². The highest BCUT2D eigenvalue weighted by atomic mass is 32.2. The number of nitrogens with one attached hydrogen (secondary N) is 1. The van der Waals surface area contributed by atoms with Crippen LogP contribution in [-0.4, -0.2) is 55.9 Å². The van der Waals surface area contributed by atoms with Gasteiger partial charge < -0.3 is 19.7 Å². The van der Waals surface area contributed by atoms with Gasteiger partial charge in [-0.2, -0.15) is 0 Å². The second kappa shape index (κ2) is 8.94. The maximum Gasteiger partial charge on any atom is 0.236 e. The van der Waals surface area contributed by atoms with E-state index in [0.717, 1.165) is 11.3 Å². The Morgan fingerprint density at radius 1 is 1.33 bits per heavy atom. The fourth-order valence-corrected chi connectivity index (χ4v) is 3.95. The summed E-state index contributed by atoms with van der Waals surface area (Å²) in [5, 5.41) is 2.52. The fourth-order valence-electron chi connectivity index (χ4n) is 2.62. The molecular weight excluding hydrogens is 328 g/mol. The average Bonchev–Trinajstić information content (AvgIpc) is 2.88. The summed E-state index contributed by atoms with van der Waals surface area (Å²) >= 11 is 1.58. The molecule has 2 atom stereocenters. The zero-order valence-electron chi connectivity index (χ0n) is 14.3. The Kier molecular flexibility index (Phi) is 6.93. The third kappa shape index (κ3) is 4.42. The number of amides is 2. The molecule has 1 N–H and O–H groups in total. The van der Waals surface area contributed by atoms with Crippen molar-refractivity contribution in [3.8, 4) is 5.75 Å². The van der Waals surface area contributed by atoms with Crippen molar-refractivity contribution in [2.24, 2.45) is 0 Å². The highest BCUT2D eigenvalue weighted by Crippen LogP contribution is 2.45. The number of thioether (sulfide) groups is 1. The fraction of sp³-hybridized carbons (Fsp3) is 0.529. The van der Waals surface area contributed by atoms with Gasteiger partial charge >= 0.3 is 0 Å². The van der Waals surface area contributed by atoms with Crippen molar-refractivity contribution in [1.29, 1.82) is 0 Å². The number of carbonyl (C=O) groups is 2. The Morgan fingerprint density at radius 2 is 2.08 bits per heavy atom. The van der Waals surface area contributed by atoms with Crippen molar-refractivity contribution in [3.05, 3.63) is 29.8 Å². The van der Waals surface area contributed by atoms with Gasteiger partial charge in [-0.25, -0.2) is 0 Å². The maximum atomic E-state index is 12.5. The predicted molar refractivity (Wildman–Crippen MR) is 94.0 cm³/mol. The van der Waals surface area contributed by atoms with Gasteiger partial charge in [0.15, 0.2) is 0 Å². The van der Waals surface area contributed by atoms with Crippen LogP contribution in [0.2, 0.25) is 0 Å². The number of rotatable bonds is 8. The summed E-state index contributed by atoms with van der Waals surface area (Å²) in [6.07, 6.45) is 0.272. The van der Waals surface area contributed by atoms with Crippen molar-refractivity contribution >= 4 is 23.6 Å². The lowest BCUT2D eigenvalue weighted by atomic mass is 10.1. The van der Waals surface area contributed by atoms with E-state index in [0.29, 0.717) is 19.7 Å². The number of benzene rings is 1. The number of nitrogens with zero attached hydrogens (tertiary/aromatic N) is 1. The molecule has 1 aliphatic heterocycles. The summed E-state index contributed by atoms with van der Waals surface area (Å²) in [5.41, 5.74) is 0.961. The van der Waals surface area contributed by atoms with Crippen LogP contribution < -0.4 is 10.1 Å². The molecule has 1 fully saturated rings. The van der Waals surface area contributed by atoms with E-state index >= 15 is 0 Å². The van der Waals surface area contributed by atoms with Crippen LogP contribution in [0.3, 0.4) is 0 Å². The van der Waals surface area contributed by atoms with Gasteiger partial charge in [0.25, 0.3) is 0 Å². The Balaban J connectivity index is 2.05. The number of carbonyl (C=O) groups excluding carboxylic acids is 2. The zero-order chi connectivity index (χ0) is 17.5. The molecule has 0 radical (unpaired) electrons. The molecule has 0 aliphatic carbocycles. The first kappa shape index (κ1) is 18.6. The van der Waals surface area contributed by atoms with Crippen LogP contribution in [0.25, 0.3) is 0 Å². The van der Waals surface area contributed by atoms with Gasteiger partial charge in [0, 0.05) is 32.2 Å². The molecule has 1 aromatic rings. The first-order valence-corrected chi connectivity index (χ1v) is 8.87. The predicted octanol–water partition coefficient (Wildman–Crippen LogP) is 1.81. The van der Waals surface area contributed by atoms with E-state index in [1.54, 1.807) is 30.9 Å². The minimum Gasteiger partial charge on any atom is -0.496 e. The molecule has 1 aliphatic rings. The van der Waals surface area contributed by atoms with E-state index in [1.807, 2.05) is 31.2 Å². The highest BCUT2D eigenvalue weighted by molar-refractivity contribution is 8.01. The molecule has 0 bridgehead atoms. The molecule has 0 spiro atoms. The van der Waals surface area contributed by atoms with Crippen LogP contribution >= 0.6 is 11.8 Å². The summed E-state index contributed by atoms with van der Waals surface area (Å²) in [5.74, 6) is 0.732. The van der Waals surface area contributed by atoms with Crippen LogP contribution in [0, 0.1) is 0 Å². The maximum absolute atomic E-state index is 12.5. The summed E-state index contributed by atoms with van der Waals surface area (Å²) < 4.78 is 10.3. The number of methoxy groups -OCH3 is 2. The molecule has 132 valence electrons. The largest absolute Gasteiger partial charge is 0.496 e. The number of para-hydroxylation sites is 1. The molecule has 0 saturated carbocycles. The number of ether oxygens (including phenoxy) is 2. The Hall–Kier alpha value is -1.73. The van der Waals surface area contributed by atoms with Gasteiger partial charge in [0.1, 0.15) is 11.1 Å². The topological polar surface area (TPSA) is 67.9 Å². The molecular formula is C17H24N2O4S. The van der Waals surface area contributed by atoms with E-state index in [1.165, 1.54) is 0 Å². The van der Waals surface area contributed by atoms with E-state index in [9.17, 15) is 9.59 Å². The van der Waals surface area contributed by atoms with E-state index in [2.05, 4.69) is 5.32 Å². The summed E-state index contributed by atoms with van der Waals surface area (Å²) in [6, 6.07) is 7.69. The smallest absolute Gasteiger partial charge is 0.236 e. The molecule has 1 aromatic carbocycles. The monoisotopic (exact) mass is 352 g/mol. The highest BCUT2D eigenvalue weighted by Gasteiger charge is 2.39. The van der Waals surface area contributed by atoms with Gasteiger partial charge in [-0.05, 0) is 13.0 Å². The molecule has 2 rings (SSSR count). The third-order valence-corrected chi connectivity index (χ3v) is 5.24. The van der Waals surface area contributed by atoms with Crippen molar-refractivity contribution < 1.29 is 19.1 Å². The molecule has 0 aromatic heterocycles. The van der Waals surface area contributed by atoms with Gasteiger partial charge in [-0.1, -0.05) is 18.2 Å². The molecule has 24 heavy (non-hydrogen) atoms. The SMILES string of the molecule is COCCNC(=O)CCN1C(=O)[C@H](C)S[C@@H]1c1ccccc1OC. The van der Waals surface area contributed by atoms with Crippen molar-refractivity contribution in [2.75, 3.05) is 33.9 Å². The second-order valence-corrected chi connectivity index (χ2v) is 6.92. The zero-order valence-corrected chi connectivity index (χ0v) is 15.1. The Bertz CT molecular complexity index is 581. The minimum absolute atomic E-state index is 0.0561. The van der Waals surface area contributed by atoms with Crippen LogP contribution in [0.5, 0.6) is 5.75 Å². The average molecular weight is 352 g/mol. The quantitative estimate of drug-likeness (QED) is 0.723. The number of hydrogen-bond donors (Lipinski definition) is 1. The Labute approximate surface area is 146 Å². The van der Waals surface area contributed by atoms with Gasteiger partial charge in [0.2, 0.25) is 11.8 Å². The lowest BCUT2D eigenvalue weighted by Crippen LogP contribution is -2.35. The first-order valence-electron chi connectivity index (χ1n) is 7.93. The van der Waals surface area contributed by atoms with E-state index in [-0.39, 0.29) is 28.9 Å². The standard InChI is InChI=1S/C17H24N2O4S/c1-12-16(21)19(10-8-15(20)18-9-11-22-2)17(24-12)13-6-4-5-7-14(13)23-3/h4-7,12,17H,8-11H2,1-3H3,(H,18,20)/t12-,17+/m0/s1. The van der Waals surface area contributed by atoms with E-state index in [4.69, 9.17) is 9.47 Å². The minimum atomic E-state index is -0.129. The van der Waals surface area contributed by atoms with Crippen LogP contribution in [0.15, 0.2) is 24.3 Å². The molecule has 2 amide bonds. The van der Waals surface area contributed by atoms with E-state index < -0.39 is 0 Å².